The molecular formula is C30H34F3N5O5S. The van der Waals surface area contributed by atoms with Gasteiger partial charge in [-0.25, -0.2) is 13.2 Å². The van der Waals surface area contributed by atoms with Crippen LogP contribution in [0.2, 0.25) is 0 Å². The summed E-state index contributed by atoms with van der Waals surface area (Å²) in [5.41, 5.74) is 3.52. The average Bonchev–Trinajstić information content (AvgIpc) is 3.01. The minimum Gasteiger partial charge on any atom is -0.475 e. The van der Waals surface area contributed by atoms with Crippen molar-refractivity contribution in [2.45, 2.75) is 18.0 Å². The lowest BCUT2D eigenvalue weighted by Crippen LogP contribution is -2.48. The van der Waals surface area contributed by atoms with Gasteiger partial charge in [-0.1, -0.05) is 36.4 Å². The molecular weight excluding hydrogens is 599 g/mol. The Labute approximate surface area is 254 Å². The van der Waals surface area contributed by atoms with Gasteiger partial charge in [0.05, 0.1) is 16.3 Å². The van der Waals surface area contributed by atoms with Crippen LogP contribution >= 0.6 is 0 Å². The van der Waals surface area contributed by atoms with Crippen molar-refractivity contribution in [1.82, 2.24) is 10.2 Å². The SMILES string of the molecule is Cc1ccccc1S(=O)(=O)Nc1cc(C(=O)N2CCN(c3ccccc3)CC2)ccc1N1CCNCC1.O=C(O)C(F)(F)F. The van der Waals surface area contributed by atoms with Crippen LogP contribution in [0.5, 0.6) is 0 Å². The van der Waals surface area contributed by atoms with Crippen LogP contribution in [0.4, 0.5) is 30.2 Å². The number of sulfonamides is 1. The van der Waals surface area contributed by atoms with Gasteiger partial charge in [-0.05, 0) is 48.9 Å². The largest absolute Gasteiger partial charge is 0.490 e. The van der Waals surface area contributed by atoms with Gasteiger partial charge < -0.3 is 25.1 Å². The van der Waals surface area contributed by atoms with E-state index in [-0.39, 0.29) is 10.8 Å². The number of carboxylic acids is 1. The molecule has 2 fully saturated rings. The Hall–Kier alpha value is -4.30. The molecule has 3 aromatic rings. The zero-order valence-corrected chi connectivity index (χ0v) is 24.9. The number of carbonyl (C=O) groups excluding carboxylic acids is 1. The maximum atomic E-state index is 13.5. The summed E-state index contributed by atoms with van der Waals surface area (Å²) in [4.78, 5) is 28.9. The van der Waals surface area contributed by atoms with E-state index in [9.17, 15) is 26.4 Å². The highest BCUT2D eigenvalue weighted by Crippen LogP contribution is 2.31. The Bertz CT molecular complexity index is 1560. The minimum absolute atomic E-state index is 0.0871. The molecule has 0 bridgehead atoms. The van der Waals surface area contributed by atoms with Gasteiger partial charge in [-0.3, -0.25) is 9.52 Å². The maximum absolute atomic E-state index is 13.5. The number of halogens is 3. The smallest absolute Gasteiger partial charge is 0.475 e. The molecule has 2 saturated heterocycles. The Morgan fingerprint density at radius 3 is 2.02 bits per heavy atom. The summed E-state index contributed by atoms with van der Waals surface area (Å²) in [6, 6.07) is 22.5. The van der Waals surface area contributed by atoms with E-state index in [2.05, 4.69) is 32.0 Å². The standard InChI is InChI=1S/C28H33N5O3S.C2HF3O2/c1-22-7-5-6-10-27(22)37(35,36)30-25-21-23(11-12-26(25)32-15-13-29-14-16-32)28(34)33-19-17-31(18-20-33)24-8-3-2-4-9-24;3-2(4,5)1(6)7/h2-12,21,29-30H,13-20H2,1H3;(H,6,7). The number of benzene rings is 3. The zero-order chi connectivity index (χ0) is 31.9. The lowest BCUT2D eigenvalue weighted by Gasteiger charge is -2.36. The van der Waals surface area contributed by atoms with Gasteiger partial charge in [0.25, 0.3) is 15.9 Å². The number of hydrogen-bond acceptors (Lipinski definition) is 7. The molecule has 3 N–H and O–H groups in total. The normalized spacial score (nSPS) is 15.7. The van der Waals surface area contributed by atoms with Crippen LogP contribution in [0.3, 0.4) is 0 Å². The van der Waals surface area contributed by atoms with E-state index in [1.165, 1.54) is 0 Å². The van der Waals surface area contributed by atoms with Crippen molar-refractivity contribution < 1.29 is 36.3 Å². The third-order valence-electron chi connectivity index (χ3n) is 7.26. The fraction of sp³-hybridized carbons (Fsp3) is 0.333. The topological polar surface area (TPSA) is 122 Å². The molecule has 10 nitrogen and oxygen atoms in total. The highest BCUT2D eigenvalue weighted by Gasteiger charge is 2.38. The minimum atomic E-state index is -5.08. The van der Waals surface area contributed by atoms with Gasteiger partial charge in [0.2, 0.25) is 0 Å². The van der Waals surface area contributed by atoms with Crippen molar-refractivity contribution >= 4 is 39.0 Å². The van der Waals surface area contributed by atoms with Gasteiger partial charge in [0, 0.05) is 63.6 Å². The van der Waals surface area contributed by atoms with Crippen LogP contribution in [0.1, 0.15) is 15.9 Å². The Morgan fingerprint density at radius 2 is 1.43 bits per heavy atom. The van der Waals surface area contributed by atoms with Crippen LogP contribution in [-0.2, 0) is 14.8 Å². The summed E-state index contributed by atoms with van der Waals surface area (Å²) in [7, 11) is -3.83. The molecule has 0 unspecified atom stereocenters. The first-order valence-electron chi connectivity index (χ1n) is 13.9. The third kappa shape index (κ3) is 8.20. The second-order valence-electron chi connectivity index (χ2n) is 10.3. The van der Waals surface area contributed by atoms with Crippen LogP contribution in [0, 0.1) is 6.92 Å². The number of nitrogens with one attached hydrogen (secondary N) is 2. The number of piperazine rings is 2. The van der Waals surface area contributed by atoms with E-state index < -0.39 is 22.2 Å². The molecule has 14 heteroatoms. The van der Waals surface area contributed by atoms with Gasteiger partial charge in [0.1, 0.15) is 0 Å². The van der Waals surface area contributed by atoms with Crippen LogP contribution in [0.15, 0.2) is 77.7 Å². The Balaban J connectivity index is 0.000000566. The van der Waals surface area contributed by atoms with Crippen LogP contribution in [-0.4, -0.2) is 88.8 Å². The Kier molecular flexibility index (Phi) is 10.4. The molecule has 44 heavy (non-hydrogen) atoms. The highest BCUT2D eigenvalue weighted by molar-refractivity contribution is 7.92. The first-order valence-corrected chi connectivity index (χ1v) is 15.4. The molecule has 236 valence electrons. The van der Waals surface area contributed by atoms with Crippen LogP contribution in [0.25, 0.3) is 0 Å². The molecule has 0 saturated carbocycles. The van der Waals surface area contributed by atoms with Gasteiger partial charge in [0.15, 0.2) is 0 Å². The molecule has 2 aliphatic heterocycles. The van der Waals surface area contributed by atoms with Crippen LogP contribution < -0.4 is 19.8 Å². The number of carboxylic acid groups (broad SMARTS) is 1. The molecule has 0 aliphatic carbocycles. The van der Waals surface area contributed by atoms with E-state index in [1.54, 1.807) is 31.2 Å². The predicted molar refractivity (Wildman–Crippen MR) is 162 cm³/mol. The van der Waals surface area contributed by atoms with Crippen molar-refractivity contribution in [2.75, 3.05) is 66.9 Å². The predicted octanol–water partition coefficient (Wildman–Crippen LogP) is 3.80. The van der Waals surface area contributed by atoms with Crippen molar-refractivity contribution in [1.29, 1.82) is 0 Å². The molecule has 0 radical (unpaired) electrons. The summed E-state index contributed by atoms with van der Waals surface area (Å²) in [6.07, 6.45) is -5.08. The number of anilines is 3. The molecule has 0 atom stereocenters. The van der Waals surface area contributed by atoms with Gasteiger partial charge >= 0.3 is 12.1 Å². The first kappa shape index (κ1) is 32.6. The number of para-hydroxylation sites is 1. The number of nitrogens with zero attached hydrogens (tertiary/aromatic N) is 3. The Morgan fingerprint density at radius 1 is 0.841 bits per heavy atom. The van der Waals surface area contributed by atoms with E-state index in [4.69, 9.17) is 9.90 Å². The van der Waals surface area contributed by atoms with Crippen molar-refractivity contribution in [3.63, 3.8) is 0 Å². The van der Waals surface area contributed by atoms with Crippen molar-refractivity contribution in [3.05, 3.63) is 83.9 Å². The van der Waals surface area contributed by atoms with Crippen molar-refractivity contribution in [2.24, 2.45) is 0 Å². The number of amides is 1. The molecule has 5 rings (SSSR count). The monoisotopic (exact) mass is 633 g/mol. The maximum Gasteiger partial charge on any atom is 0.490 e. The zero-order valence-electron chi connectivity index (χ0n) is 24.0. The third-order valence-corrected chi connectivity index (χ3v) is 8.79. The number of aliphatic carboxylic acids is 1. The van der Waals surface area contributed by atoms with E-state index >= 15 is 0 Å². The lowest BCUT2D eigenvalue weighted by molar-refractivity contribution is -0.192. The molecule has 0 spiro atoms. The summed E-state index contributed by atoms with van der Waals surface area (Å²) in [5.74, 6) is -2.84. The fourth-order valence-electron chi connectivity index (χ4n) is 4.98. The van der Waals surface area contributed by atoms with Crippen molar-refractivity contribution in [3.8, 4) is 0 Å². The average molecular weight is 634 g/mol. The van der Waals surface area contributed by atoms with E-state index in [0.717, 1.165) is 50.6 Å². The molecule has 2 heterocycles. The van der Waals surface area contributed by atoms with Gasteiger partial charge in [-0.15, -0.1) is 0 Å². The lowest BCUT2D eigenvalue weighted by atomic mass is 10.1. The first-order chi connectivity index (χ1) is 20.9. The van der Waals surface area contributed by atoms with E-state index in [1.807, 2.05) is 41.3 Å². The second-order valence-corrected chi connectivity index (χ2v) is 11.9. The summed E-state index contributed by atoms with van der Waals surface area (Å²) >= 11 is 0. The second kappa shape index (κ2) is 14.0. The molecule has 2 aliphatic rings. The summed E-state index contributed by atoms with van der Waals surface area (Å²) in [6.45, 7) is 7.65. The highest BCUT2D eigenvalue weighted by atomic mass is 32.2. The number of rotatable bonds is 6. The number of hydrogen-bond donors (Lipinski definition) is 3. The van der Waals surface area contributed by atoms with Gasteiger partial charge in [-0.2, -0.15) is 13.2 Å². The quantitative estimate of drug-likeness (QED) is 0.375. The van der Waals surface area contributed by atoms with E-state index in [0.29, 0.717) is 29.9 Å². The number of carbonyl (C=O) groups is 2. The summed E-state index contributed by atoms with van der Waals surface area (Å²) < 4.78 is 61.3. The summed E-state index contributed by atoms with van der Waals surface area (Å²) in [5, 5.41) is 10.5. The number of aryl methyl sites for hydroxylation is 1. The molecule has 0 aromatic heterocycles. The number of alkyl halides is 3. The molecule has 3 aromatic carbocycles. The molecule has 1 amide bonds. The fourth-order valence-corrected chi connectivity index (χ4v) is 6.29.